The van der Waals surface area contributed by atoms with E-state index in [2.05, 4.69) is 25.2 Å². The molecule has 2 heteroatoms. The number of nitrogens with one attached hydrogen (secondary N) is 1. The first-order chi connectivity index (χ1) is 8.72. The number of fused-ring (bicyclic) bond motifs is 1. The summed E-state index contributed by atoms with van der Waals surface area (Å²) in [6.45, 7) is 5.43. The molecule has 18 heavy (non-hydrogen) atoms. The van der Waals surface area contributed by atoms with Gasteiger partial charge in [-0.05, 0) is 36.1 Å². The van der Waals surface area contributed by atoms with Crippen molar-refractivity contribution < 1.29 is 5.11 Å². The molecule has 0 saturated carbocycles. The quantitative estimate of drug-likeness (QED) is 0.794. The standard InChI is InChI=1S/C16H25NO/c1-3-5-9-16(10-6-4-2)15-11-14(18)8-7-13(15)12-17-16/h7-8,11,17-18H,3-6,9-10,12H2,1-2H3. The van der Waals surface area contributed by atoms with Crippen molar-refractivity contribution >= 4 is 0 Å². The van der Waals surface area contributed by atoms with Crippen LogP contribution < -0.4 is 5.32 Å². The van der Waals surface area contributed by atoms with Crippen molar-refractivity contribution in [1.82, 2.24) is 5.32 Å². The van der Waals surface area contributed by atoms with E-state index >= 15 is 0 Å². The van der Waals surface area contributed by atoms with E-state index in [0.717, 1.165) is 6.54 Å². The molecular weight excluding hydrogens is 222 g/mol. The normalized spacial score (nSPS) is 16.8. The smallest absolute Gasteiger partial charge is 0.115 e. The SMILES string of the molecule is CCCCC1(CCCC)NCc2ccc(O)cc21. The first-order valence-corrected chi connectivity index (χ1v) is 7.29. The minimum Gasteiger partial charge on any atom is -0.508 e. The van der Waals surface area contributed by atoms with Crippen LogP contribution in [0.1, 0.15) is 63.5 Å². The van der Waals surface area contributed by atoms with Crippen LogP contribution >= 0.6 is 0 Å². The van der Waals surface area contributed by atoms with E-state index < -0.39 is 0 Å². The summed E-state index contributed by atoms with van der Waals surface area (Å²) in [4.78, 5) is 0. The maximum atomic E-state index is 9.75. The van der Waals surface area contributed by atoms with Gasteiger partial charge in [-0.1, -0.05) is 45.6 Å². The van der Waals surface area contributed by atoms with E-state index in [9.17, 15) is 5.11 Å². The first kappa shape index (κ1) is 13.4. The summed E-state index contributed by atoms with van der Waals surface area (Å²) in [5.74, 6) is 0.398. The third-order valence-corrected chi connectivity index (χ3v) is 4.14. The Hall–Kier alpha value is -1.02. The van der Waals surface area contributed by atoms with E-state index in [-0.39, 0.29) is 5.54 Å². The lowest BCUT2D eigenvalue weighted by Crippen LogP contribution is -2.36. The van der Waals surface area contributed by atoms with Crippen LogP contribution in [-0.4, -0.2) is 5.11 Å². The third kappa shape index (κ3) is 2.54. The fourth-order valence-corrected chi connectivity index (χ4v) is 3.05. The van der Waals surface area contributed by atoms with Crippen molar-refractivity contribution in [2.45, 2.75) is 64.5 Å². The molecular formula is C16H25NO. The molecule has 0 unspecified atom stereocenters. The number of hydrogen-bond donors (Lipinski definition) is 2. The lowest BCUT2D eigenvalue weighted by molar-refractivity contribution is 0.292. The molecule has 0 spiro atoms. The minimum atomic E-state index is 0.111. The number of unbranched alkanes of at least 4 members (excludes halogenated alkanes) is 2. The van der Waals surface area contributed by atoms with Crippen LogP contribution in [0.15, 0.2) is 18.2 Å². The molecule has 0 aromatic heterocycles. The maximum absolute atomic E-state index is 9.75. The number of phenols is 1. The maximum Gasteiger partial charge on any atom is 0.115 e. The highest BCUT2D eigenvalue weighted by atomic mass is 16.3. The van der Waals surface area contributed by atoms with Crippen molar-refractivity contribution in [3.63, 3.8) is 0 Å². The summed E-state index contributed by atoms with van der Waals surface area (Å²) in [6.07, 6.45) is 7.30. The Morgan fingerprint density at radius 3 is 2.44 bits per heavy atom. The molecule has 1 aromatic carbocycles. The zero-order valence-electron chi connectivity index (χ0n) is 11.6. The van der Waals surface area contributed by atoms with E-state index in [1.807, 2.05) is 6.07 Å². The van der Waals surface area contributed by atoms with Crippen molar-refractivity contribution in [3.8, 4) is 5.75 Å². The van der Waals surface area contributed by atoms with Crippen LogP contribution in [0.25, 0.3) is 0 Å². The zero-order chi connectivity index (χ0) is 13.0. The largest absolute Gasteiger partial charge is 0.508 e. The Kier molecular flexibility index (Phi) is 4.28. The van der Waals surface area contributed by atoms with E-state index in [0.29, 0.717) is 5.75 Å². The summed E-state index contributed by atoms with van der Waals surface area (Å²) in [7, 11) is 0. The van der Waals surface area contributed by atoms with Crippen LogP contribution in [0.5, 0.6) is 5.75 Å². The van der Waals surface area contributed by atoms with Gasteiger partial charge in [0.2, 0.25) is 0 Å². The van der Waals surface area contributed by atoms with Gasteiger partial charge in [0.05, 0.1) is 0 Å². The average molecular weight is 247 g/mol. The monoisotopic (exact) mass is 247 g/mol. The van der Waals surface area contributed by atoms with Crippen LogP contribution in [0, 0.1) is 0 Å². The Bertz CT molecular complexity index is 392. The van der Waals surface area contributed by atoms with Gasteiger partial charge in [0.15, 0.2) is 0 Å². The van der Waals surface area contributed by atoms with E-state index in [1.54, 1.807) is 6.07 Å². The molecule has 0 radical (unpaired) electrons. The molecule has 0 amide bonds. The van der Waals surface area contributed by atoms with Crippen LogP contribution in [-0.2, 0) is 12.1 Å². The van der Waals surface area contributed by atoms with Gasteiger partial charge in [0.25, 0.3) is 0 Å². The van der Waals surface area contributed by atoms with Crippen molar-refractivity contribution in [2.24, 2.45) is 0 Å². The molecule has 2 nitrogen and oxygen atoms in total. The van der Waals surface area contributed by atoms with Crippen molar-refractivity contribution in [1.29, 1.82) is 0 Å². The molecule has 1 aromatic rings. The van der Waals surface area contributed by atoms with Gasteiger partial charge in [-0.25, -0.2) is 0 Å². The molecule has 1 aliphatic rings. The summed E-state index contributed by atoms with van der Waals surface area (Å²) in [6, 6.07) is 5.84. The lowest BCUT2D eigenvalue weighted by atomic mass is 9.81. The molecule has 1 aliphatic heterocycles. The molecule has 0 saturated heterocycles. The zero-order valence-corrected chi connectivity index (χ0v) is 11.6. The Morgan fingerprint density at radius 1 is 1.17 bits per heavy atom. The van der Waals surface area contributed by atoms with Crippen LogP contribution in [0.3, 0.4) is 0 Å². The second-order valence-corrected chi connectivity index (χ2v) is 5.48. The molecule has 2 N–H and O–H groups in total. The van der Waals surface area contributed by atoms with Gasteiger partial charge in [-0.15, -0.1) is 0 Å². The van der Waals surface area contributed by atoms with Gasteiger partial charge in [-0.3, -0.25) is 0 Å². The summed E-state index contributed by atoms with van der Waals surface area (Å²) >= 11 is 0. The average Bonchev–Trinajstić information content (AvgIpc) is 2.73. The number of hydrogen-bond acceptors (Lipinski definition) is 2. The first-order valence-electron chi connectivity index (χ1n) is 7.29. The Balaban J connectivity index is 2.28. The fraction of sp³-hybridized carbons (Fsp3) is 0.625. The number of rotatable bonds is 6. The molecule has 0 atom stereocenters. The number of benzene rings is 1. The van der Waals surface area contributed by atoms with Gasteiger partial charge in [-0.2, -0.15) is 0 Å². The minimum absolute atomic E-state index is 0.111. The van der Waals surface area contributed by atoms with E-state index in [4.69, 9.17) is 0 Å². The topological polar surface area (TPSA) is 32.3 Å². The highest BCUT2D eigenvalue weighted by Gasteiger charge is 2.37. The predicted molar refractivity (Wildman–Crippen MR) is 75.7 cm³/mol. The predicted octanol–water partition coefficient (Wildman–Crippen LogP) is 4.07. The Morgan fingerprint density at radius 2 is 1.83 bits per heavy atom. The van der Waals surface area contributed by atoms with Gasteiger partial charge in [0.1, 0.15) is 5.75 Å². The van der Waals surface area contributed by atoms with Crippen molar-refractivity contribution in [3.05, 3.63) is 29.3 Å². The van der Waals surface area contributed by atoms with Gasteiger partial charge < -0.3 is 10.4 Å². The number of aromatic hydroxyl groups is 1. The van der Waals surface area contributed by atoms with Crippen LogP contribution in [0.2, 0.25) is 0 Å². The van der Waals surface area contributed by atoms with Gasteiger partial charge >= 0.3 is 0 Å². The number of phenolic OH excluding ortho intramolecular Hbond substituents is 1. The lowest BCUT2D eigenvalue weighted by Gasteiger charge is -2.31. The molecule has 0 bridgehead atoms. The molecule has 2 rings (SSSR count). The molecule has 100 valence electrons. The molecule has 1 heterocycles. The third-order valence-electron chi connectivity index (χ3n) is 4.14. The van der Waals surface area contributed by atoms with Crippen LogP contribution in [0.4, 0.5) is 0 Å². The fourth-order valence-electron chi connectivity index (χ4n) is 3.05. The van der Waals surface area contributed by atoms with Crippen molar-refractivity contribution in [2.75, 3.05) is 0 Å². The Labute approximate surface area is 110 Å². The second-order valence-electron chi connectivity index (χ2n) is 5.48. The highest BCUT2D eigenvalue weighted by Crippen LogP contribution is 2.40. The molecule has 0 aliphatic carbocycles. The van der Waals surface area contributed by atoms with E-state index in [1.165, 1.54) is 49.7 Å². The summed E-state index contributed by atoms with van der Waals surface area (Å²) < 4.78 is 0. The second kappa shape index (κ2) is 5.75. The highest BCUT2D eigenvalue weighted by molar-refractivity contribution is 5.43. The molecule has 0 fully saturated rings. The summed E-state index contributed by atoms with van der Waals surface area (Å²) in [5, 5.41) is 13.5. The summed E-state index contributed by atoms with van der Waals surface area (Å²) in [5.41, 5.74) is 2.81. The van der Waals surface area contributed by atoms with Gasteiger partial charge in [0, 0.05) is 12.1 Å².